The Morgan fingerprint density at radius 2 is 2.50 bits per heavy atom. The van der Waals surface area contributed by atoms with Crippen molar-refractivity contribution in [3.8, 4) is 0 Å². The molecular weight excluding hydrogens is 176 g/mol. The summed E-state index contributed by atoms with van der Waals surface area (Å²) in [6.45, 7) is 2.92. The lowest BCUT2D eigenvalue weighted by Crippen LogP contribution is -2.31. The third kappa shape index (κ3) is 1.71. The Balaban J connectivity index is 2.10. The van der Waals surface area contributed by atoms with Gasteiger partial charge in [0, 0.05) is 12.0 Å². The highest BCUT2D eigenvalue weighted by Crippen LogP contribution is 2.35. The zero-order valence-electron chi connectivity index (χ0n) is 8.70. The number of ether oxygens (including phenoxy) is 1. The summed E-state index contributed by atoms with van der Waals surface area (Å²) in [6.07, 6.45) is 9.82. The lowest BCUT2D eigenvalue weighted by molar-refractivity contribution is 0.103. The summed E-state index contributed by atoms with van der Waals surface area (Å²) in [5.74, 6) is 0.651. The van der Waals surface area contributed by atoms with Crippen LogP contribution in [0.2, 0.25) is 0 Å². The van der Waals surface area contributed by atoms with Crippen LogP contribution in [-0.2, 0) is 4.74 Å². The lowest BCUT2D eigenvalue weighted by Gasteiger charge is -2.31. The Labute approximate surface area is 85.3 Å². The second kappa shape index (κ2) is 3.77. The van der Waals surface area contributed by atoms with E-state index in [1.54, 1.807) is 6.26 Å². The molecule has 2 aliphatic rings. The summed E-state index contributed by atoms with van der Waals surface area (Å²) in [6, 6.07) is 0. The molecule has 0 radical (unpaired) electrons. The Morgan fingerprint density at radius 1 is 1.64 bits per heavy atom. The molecule has 2 nitrogen and oxygen atoms in total. The van der Waals surface area contributed by atoms with E-state index in [0.717, 1.165) is 31.4 Å². The molecule has 0 fully saturated rings. The van der Waals surface area contributed by atoms with Crippen molar-refractivity contribution in [2.24, 2.45) is 5.92 Å². The van der Waals surface area contributed by atoms with Crippen LogP contribution in [0.25, 0.3) is 0 Å². The van der Waals surface area contributed by atoms with Crippen LogP contribution in [0.15, 0.2) is 24.0 Å². The van der Waals surface area contributed by atoms with Crippen molar-refractivity contribution in [2.75, 3.05) is 6.61 Å². The normalized spacial score (nSPS) is 36.7. The predicted molar refractivity (Wildman–Crippen MR) is 55.8 cm³/mol. The maximum absolute atomic E-state index is 10.3. The van der Waals surface area contributed by atoms with Gasteiger partial charge in [-0.05, 0) is 25.2 Å². The van der Waals surface area contributed by atoms with Crippen molar-refractivity contribution in [3.63, 3.8) is 0 Å². The molecule has 2 unspecified atom stereocenters. The third-order valence-corrected chi connectivity index (χ3v) is 3.34. The predicted octanol–water partition coefficient (Wildman–Crippen LogP) is 2.40. The molecule has 2 atom stereocenters. The van der Waals surface area contributed by atoms with Gasteiger partial charge in [-0.2, -0.15) is 0 Å². The highest BCUT2D eigenvalue weighted by Gasteiger charge is 2.33. The summed E-state index contributed by atoms with van der Waals surface area (Å²) < 4.78 is 5.17. The third-order valence-electron chi connectivity index (χ3n) is 3.34. The van der Waals surface area contributed by atoms with E-state index in [1.807, 2.05) is 6.08 Å². The number of rotatable bonds is 2. The van der Waals surface area contributed by atoms with Crippen LogP contribution >= 0.6 is 0 Å². The number of aliphatic hydroxyl groups is 1. The van der Waals surface area contributed by atoms with Gasteiger partial charge in [0.15, 0.2) is 0 Å². The largest absolute Gasteiger partial charge is 0.501 e. The standard InChI is InChI=1S/C12H18O2/c1-2-10-3-6-12(13,7-4-10)11-5-8-14-9-11/h3,6,9-10,13H,2,4-5,7-8H2,1H3. The summed E-state index contributed by atoms with van der Waals surface area (Å²) >= 11 is 0. The summed E-state index contributed by atoms with van der Waals surface area (Å²) in [7, 11) is 0. The van der Waals surface area contributed by atoms with Gasteiger partial charge in [0.25, 0.3) is 0 Å². The molecule has 0 bridgehead atoms. The van der Waals surface area contributed by atoms with Gasteiger partial charge in [0.05, 0.1) is 12.9 Å². The van der Waals surface area contributed by atoms with E-state index in [4.69, 9.17) is 4.74 Å². The first-order valence-corrected chi connectivity index (χ1v) is 5.47. The fourth-order valence-electron chi connectivity index (χ4n) is 2.19. The molecule has 1 heterocycles. The molecule has 1 aliphatic heterocycles. The van der Waals surface area contributed by atoms with Crippen LogP contribution in [0, 0.1) is 5.92 Å². The molecule has 14 heavy (non-hydrogen) atoms. The van der Waals surface area contributed by atoms with E-state index in [1.165, 1.54) is 6.42 Å². The van der Waals surface area contributed by atoms with Gasteiger partial charge in [-0.25, -0.2) is 0 Å². The second-order valence-corrected chi connectivity index (χ2v) is 4.25. The SMILES string of the molecule is CCC1C=CC(O)(C2=COCC2)CC1. The van der Waals surface area contributed by atoms with Crippen molar-refractivity contribution in [1.29, 1.82) is 0 Å². The summed E-state index contributed by atoms with van der Waals surface area (Å²) in [4.78, 5) is 0. The van der Waals surface area contributed by atoms with Gasteiger partial charge >= 0.3 is 0 Å². The van der Waals surface area contributed by atoms with Crippen LogP contribution in [-0.4, -0.2) is 17.3 Å². The molecule has 0 saturated carbocycles. The van der Waals surface area contributed by atoms with Gasteiger partial charge in [-0.1, -0.05) is 19.1 Å². The van der Waals surface area contributed by atoms with Gasteiger partial charge in [-0.15, -0.1) is 0 Å². The average molecular weight is 194 g/mol. The van der Waals surface area contributed by atoms with Gasteiger partial charge < -0.3 is 9.84 Å². The van der Waals surface area contributed by atoms with E-state index < -0.39 is 5.60 Å². The maximum Gasteiger partial charge on any atom is 0.107 e. The molecule has 0 aromatic carbocycles. The topological polar surface area (TPSA) is 29.5 Å². The van der Waals surface area contributed by atoms with Crippen molar-refractivity contribution in [3.05, 3.63) is 24.0 Å². The second-order valence-electron chi connectivity index (χ2n) is 4.25. The van der Waals surface area contributed by atoms with Crippen molar-refractivity contribution < 1.29 is 9.84 Å². The van der Waals surface area contributed by atoms with E-state index in [0.29, 0.717) is 5.92 Å². The van der Waals surface area contributed by atoms with Crippen LogP contribution in [0.5, 0.6) is 0 Å². The highest BCUT2D eigenvalue weighted by molar-refractivity contribution is 5.27. The van der Waals surface area contributed by atoms with Crippen LogP contribution in [0.1, 0.15) is 32.6 Å². The molecule has 1 aliphatic carbocycles. The van der Waals surface area contributed by atoms with Crippen molar-refractivity contribution in [1.82, 2.24) is 0 Å². The molecule has 78 valence electrons. The van der Waals surface area contributed by atoms with Crippen LogP contribution < -0.4 is 0 Å². The van der Waals surface area contributed by atoms with Gasteiger partial charge in [0.1, 0.15) is 5.60 Å². The van der Waals surface area contributed by atoms with E-state index >= 15 is 0 Å². The molecule has 0 saturated heterocycles. The Hall–Kier alpha value is -0.760. The van der Waals surface area contributed by atoms with Gasteiger partial charge in [-0.3, -0.25) is 0 Å². The Kier molecular flexibility index (Phi) is 2.64. The molecule has 0 spiro atoms. The monoisotopic (exact) mass is 194 g/mol. The highest BCUT2D eigenvalue weighted by atomic mass is 16.5. The average Bonchev–Trinajstić information content (AvgIpc) is 2.72. The summed E-state index contributed by atoms with van der Waals surface area (Å²) in [5.41, 5.74) is 0.339. The van der Waals surface area contributed by atoms with Crippen LogP contribution in [0.3, 0.4) is 0 Å². The maximum atomic E-state index is 10.3. The first-order valence-electron chi connectivity index (χ1n) is 5.47. The smallest absolute Gasteiger partial charge is 0.107 e. The molecule has 1 N–H and O–H groups in total. The minimum Gasteiger partial charge on any atom is -0.501 e. The zero-order chi connectivity index (χ0) is 10.0. The Bertz CT molecular complexity index is 267. The molecule has 0 aromatic heterocycles. The molecular formula is C12H18O2. The first kappa shape index (κ1) is 9.78. The number of hydrogen-bond donors (Lipinski definition) is 1. The van der Waals surface area contributed by atoms with E-state index in [-0.39, 0.29) is 0 Å². The van der Waals surface area contributed by atoms with Crippen LogP contribution in [0.4, 0.5) is 0 Å². The van der Waals surface area contributed by atoms with Gasteiger partial charge in [0.2, 0.25) is 0 Å². The quantitative estimate of drug-likeness (QED) is 0.684. The zero-order valence-corrected chi connectivity index (χ0v) is 8.70. The summed E-state index contributed by atoms with van der Waals surface area (Å²) in [5, 5.41) is 10.3. The molecule has 2 heteroatoms. The number of allylic oxidation sites excluding steroid dienone is 1. The first-order chi connectivity index (χ1) is 6.74. The fourth-order valence-corrected chi connectivity index (χ4v) is 2.19. The Morgan fingerprint density at radius 3 is 3.00 bits per heavy atom. The molecule has 0 amide bonds. The molecule has 2 rings (SSSR count). The van der Waals surface area contributed by atoms with Crippen molar-refractivity contribution in [2.45, 2.75) is 38.2 Å². The molecule has 0 aromatic rings. The minimum atomic E-state index is -0.706. The van der Waals surface area contributed by atoms with E-state index in [9.17, 15) is 5.11 Å². The lowest BCUT2D eigenvalue weighted by atomic mass is 9.79. The fraction of sp³-hybridized carbons (Fsp3) is 0.667. The number of hydrogen-bond acceptors (Lipinski definition) is 2. The van der Waals surface area contributed by atoms with Crippen molar-refractivity contribution >= 4 is 0 Å². The minimum absolute atomic E-state index is 0.651. The van der Waals surface area contributed by atoms with E-state index in [2.05, 4.69) is 13.0 Å².